The lowest BCUT2D eigenvalue weighted by Crippen LogP contribution is -2.32. The van der Waals surface area contributed by atoms with Gasteiger partial charge in [0.1, 0.15) is 16.5 Å². The minimum absolute atomic E-state index is 0.0299. The molecule has 11 heteroatoms. The van der Waals surface area contributed by atoms with Crippen LogP contribution in [0, 0.1) is 0 Å². The molecule has 0 saturated carbocycles. The molecule has 2 rings (SSSR count). The summed E-state index contributed by atoms with van der Waals surface area (Å²) in [5.41, 5.74) is -0.0307. The van der Waals surface area contributed by atoms with Crippen LogP contribution in [0.5, 0.6) is 5.75 Å². The van der Waals surface area contributed by atoms with Gasteiger partial charge in [0.15, 0.2) is 6.10 Å². The Kier molecular flexibility index (Phi) is 7.80. The summed E-state index contributed by atoms with van der Waals surface area (Å²) in [4.78, 5) is 24.8. The summed E-state index contributed by atoms with van der Waals surface area (Å²) in [6.07, 6.45) is 0.426. The summed E-state index contributed by atoms with van der Waals surface area (Å²) >= 11 is 0. The monoisotopic (exact) mass is 452 g/mol. The van der Waals surface area contributed by atoms with Crippen molar-refractivity contribution in [2.75, 3.05) is 12.4 Å². The fourth-order valence-corrected chi connectivity index (χ4v) is 4.17. The second-order valence-corrected chi connectivity index (χ2v) is 9.12. The van der Waals surface area contributed by atoms with Crippen LogP contribution >= 0.6 is 0 Å². The van der Waals surface area contributed by atoms with Crippen molar-refractivity contribution in [1.82, 2.24) is 14.5 Å². The molecule has 0 spiro atoms. The predicted molar refractivity (Wildman–Crippen MR) is 115 cm³/mol. The topological polar surface area (TPSA) is 129 Å². The van der Waals surface area contributed by atoms with E-state index in [1.54, 1.807) is 30.8 Å². The van der Waals surface area contributed by atoms with E-state index in [9.17, 15) is 18.0 Å². The van der Waals surface area contributed by atoms with Crippen molar-refractivity contribution in [2.45, 2.75) is 57.7 Å². The number of sulfonamides is 1. The first kappa shape index (κ1) is 24.4. The van der Waals surface area contributed by atoms with Gasteiger partial charge in [-0.1, -0.05) is 0 Å². The summed E-state index contributed by atoms with van der Waals surface area (Å²) in [6.45, 7) is 8.59. The molecule has 0 radical (unpaired) electrons. The Morgan fingerprint density at radius 2 is 1.77 bits per heavy atom. The lowest BCUT2D eigenvalue weighted by atomic mass is 10.2. The van der Waals surface area contributed by atoms with Gasteiger partial charge in [-0.15, -0.1) is 0 Å². The SMILES string of the molecule is COc1ccc(C(=O)OC(C)C(=O)Nc2ccnn2C(C)C)cc1S(=O)(=O)NC(C)C. The summed E-state index contributed by atoms with van der Waals surface area (Å²) in [5, 5.41) is 6.79. The molecule has 0 saturated heterocycles. The van der Waals surface area contributed by atoms with Crippen LogP contribution in [0.25, 0.3) is 0 Å². The number of benzene rings is 1. The highest BCUT2D eigenvalue weighted by Crippen LogP contribution is 2.25. The first-order chi connectivity index (χ1) is 14.5. The number of carbonyl (C=O) groups excluding carboxylic acids is 2. The molecule has 1 atom stereocenters. The molecule has 0 aliphatic heterocycles. The number of carbonyl (C=O) groups is 2. The Balaban J connectivity index is 2.18. The average Bonchev–Trinajstić information content (AvgIpc) is 3.14. The first-order valence-corrected chi connectivity index (χ1v) is 11.2. The number of rotatable bonds is 9. The maximum Gasteiger partial charge on any atom is 0.338 e. The molecule has 2 aromatic rings. The fraction of sp³-hybridized carbons (Fsp3) is 0.450. The van der Waals surface area contributed by atoms with Gasteiger partial charge in [-0.3, -0.25) is 4.79 Å². The van der Waals surface area contributed by atoms with Gasteiger partial charge in [0.25, 0.3) is 5.91 Å². The number of hydrogen-bond donors (Lipinski definition) is 2. The number of methoxy groups -OCH3 is 1. The second kappa shape index (κ2) is 9.92. The molecule has 1 aromatic heterocycles. The summed E-state index contributed by atoms with van der Waals surface area (Å²) in [7, 11) is -2.59. The van der Waals surface area contributed by atoms with Crippen LogP contribution in [-0.2, 0) is 19.6 Å². The summed E-state index contributed by atoms with van der Waals surface area (Å²) in [5.74, 6) is -0.833. The maximum atomic E-state index is 12.6. The van der Waals surface area contributed by atoms with Gasteiger partial charge in [-0.25, -0.2) is 22.6 Å². The van der Waals surface area contributed by atoms with E-state index in [0.29, 0.717) is 5.82 Å². The number of hydrogen-bond acceptors (Lipinski definition) is 7. The minimum atomic E-state index is -3.92. The molecule has 31 heavy (non-hydrogen) atoms. The Morgan fingerprint density at radius 1 is 1.10 bits per heavy atom. The average molecular weight is 453 g/mol. The van der Waals surface area contributed by atoms with Crippen LogP contribution in [0.15, 0.2) is 35.4 Å². The molecule has 0 fully saturated rings. The minimum Gasteiger partial charge on any atom is -0.495 e. The van der Waals surface area contributed by atoms with Gasteiger partial charge in [-0.2, -0.15) is 5.10 Å². The number of aromatic nitrogens is 2. The zero-order valence-electron chi connectivity index (χ0n) is 18.4. The van der Waals surface area contributed by atoms with Crippen molar-refractivity contribution in [3.8, 4) is 5.75 Å². The van der Waals surface area contributed by atoms with Gasteiger partial charge in [0.2, 0.25) is 10.0 Å². The van der Waals surface area contributed by atoms with Gasteiger partial charge < -0.3 is 14.8 Å². The van der Waals surface area contributed by atoms with Crippen LogP contribution in [-0.4, -0.2) is 49.3 Å². The number of amides is 1. The van der Waals surface area contributed by atoms with E-state index in [1.165, 1.54) is 26.2 Å². The third-order valence-corrected chi connectivity index (χ3v) is 5.82. The number of nitrogens with zero attached hydrogens (tertiary/aromatic N) is 2. The quantitative estimate of drug-likeness (QED) is 0.559. The van der Waals surface area contributed by atoms with Crippen molar-refractivity contribution >= 4 is 27.7 Å². The van der Waals surface area contributed by atoms with Crippen LogP contribution in [0.3, 0.4) is 0 Å². The van der Waals surface area contributed by atoms with E-state index >= 15 is 0 Å². The molecule has 10 nitrogen and oxygen atoms in total. The normalized spacial score (nSPS) is 12.6. The molecular weight excluding hydrogens is 424 g/mol. The molecule has 1 aromatic carbocycles. The molecule has 170 valence electrons. The van der Waals surface area contributed by atoms with Gasteiger partial charge in [0, 0.05) is 18.2 Å². The largest absolute Gasteiger partial charge is 0.495 e. The Hall–Kier alpha value is -2.92. The molecule has 0 aliphatic rings. The Bertz CT molecular complexity index is 1050. The maximum absolute atomic E-state index is 12.6. The van der Waals surface area contributed by atoms with Crippen LogP contribution in [0.1, 0.15) is 51.0 Å². The van der Waals surface area contributed by atoms with E-state index in [1.807, 2.05) is 13.8 Å². The molecule has 1 heterocycles. The van der Waals surface area contributed by atoms with Crippen molar-refractivity contribution in [3.63, 3.8) is 0 Å². The highest BCUT2D eigenvalue weighted by Gasteiger charge is 2.25. The van der Waals surface area contributed by atoms with E-state index in [4.69, 9.17) is 9.47 Å². The van der Waals surface area contributed by atoms with Crippen molar-refractivity contribution in [2.24, 2.45) is 0 Å². The van der Waals surface area contributed by atoms with Crippen LogP contribution in [0.4, 0.5) is 5.82 Å². The lowest BCUT2D eigenvalue weighted by Gasteiger charge is -2.17. The van der Waals surface area contributed by atoms with Crippen LogP contribution < -0.4 is 14.8 Å². The molecular formula is C20H28N4O6S. The van der Waals surface area contributed by atoms with E-state index in [0.717, 1.165) is 6.07 Å². The van der Waals surface area contributed by atoms with Crippen LogP contribution in [0.2, 0.25) is 0 Å². The highest BCUT2D eigenvalue weighted by atomic mass is 32.2. The zero-order valence-corrected chi connectivity index (χ0v) is 19.2. The summed E-state index contributed by atoms with van der Waals surface area (Å²) < 4.78 is 39.6. The molecule has 2 N–H and O–H groups in total. The highest BCUT2D eigenvalue weighted by molar-refractivity contribution is 7.89. The van der Waals surface area contributed by atoms with Crippen molar-refractivity contribution < 1.29 is 27.5 Å². The Labute approximate surface area is 182 Å². The van der Waals surface area contributed by atoms with Gasteiger partial charge >= 0.3 is 5.97 Å². The molecule has 0 bridgehead atoms. The lowest BCUT2D eigenvalue weighted by molar-refractivity contribution is -0.123. The zero-order chi connectivity index (χ0) is 23.3. The number of esters is 1. The van der Waals surface area contributed by atoms with E-state index < -0.39 is 28.0 Å². The third kappa shape index (κ3) is 6.05. The summed E-state index contributed by atoms with van der Waals surface area (Å²) in [6, 6.07) is 5.19. The second-order valence-electron chi connectivity index (χ2n) is 7.43. The molecule has 1 unspecified atom stereocenters. The van der Waals surface area contributed by atoms with Crippen molar-refractivity contribution in [1.29, 1.82) is 0 Å². The van der Waals surface area contributed by atoms with E-state index in [2.05, 4.69) is 15.1 Å². The van der Waals surface area contributed by atoms with Gasteiger partial charge in [-0.05, 0) is 52.8 Å². The number of nitrogens with one attached hydrogen (secondary N) is 2. The predicted octanol–water partition coefficient (Wildman–Crippen LogP) is 2.34. The number of ether oxygens (including phenoxy) is 2. The first-order valence-electron chi connectivity index (χ1n) is 9.72. The smallest absolute Gasteiger partial charge is 0.338 e. The number of anilines is 1. The molecule has 1 amide bonds. The fourth-order valence-electron chi connectivity index (χ4n) is 2.72. The van der Waals surface area contributed by atoms with Crippen molar-refractivity contribution in [3.05, 3.63) is 36.0 Å². The molecule has 0 aliphatic carbocycles. The standard InChI is InChI=1S/C20H28N4O6S/c1-12(2)23-31(27,28)17-11-15(7-8-16(17)29-6)20(26)30-14(5)19(25)22-18-9-10-21-24(18)13(3)4/h7-14,23H,1-6H3,(H,22,25). The third-order valence-electron chi connectivity index (χ3n) is 4.14. The van der Waals surface area contributed by atoms with Gasteiger partial charge in [0.05, 0.1) is 18.9 Å². The van der Waals surface area contributed by atoms with E-state index in [-0.39, 0.29) is 28.3 Å². The Morgan fingerprint density at radius 3 is 2.35 bits per heavy atom.